The van der Waals surface area contributed by atoms with Crippen molar-refractivity contribution in [3.63, 3.8) is 0 Å². The van der Waals surface area contributed by atoms with Crippen LogP contribution in [0.25, 0.3) is 0 Å². The second-order valence-corrected chi connectivity index (χ2v) is 4.56. The lowest BCUT2D eigenvalue weighted by Gasteiger charge is -2.11. The van der Waals surface area contributed by atoms with Crippen molar-refractivity contribution in [2.75, 3.05) is 17.7 Å². The van der Waals surface area contributed by atoms with Crippen molar-refractivity contribution in [3.8, 4) is 5.75 Å². The zero-order valence-corrected chi connectivity index (χ0v) is 11.9. The summed E-state index contributed by atoms with van der Waals surface area (Å²) in [5.74, 6) is 0.755. The molecule has 0 heterocycles. The number of nitrogens with one attached hydrogen (secondary N) is 2. The van der Waals surface area contributed by atoms with Gasteiger partial charge in [-0.1, -0.05) is 12.1 Å². The van der Waals surface area contributed by atoms with Gasteiger partial charge >= 0.3 is 6.03 Å². The number of hydrogen-bond acceptors (Lipinski definition) is 2. The van der Waals surface area contributed by atoms with Crippen molar-refractivity contribution >= 4 is 17.4 Å². The quantitative estimate of drug-likeness (QED) is 0.887. The molecule has 0 saturated carbocycles. The summed E-state index contributed by atoms with van der Waals surface area (Å²) in [6.07, 6.45) is 0. The van der Waals surface area contributed by atoms with Crippen LogP contribution in [-0.4, -0.2) is 13.1 Å². The van der Waals surface area contributed by atoms with Gasteiger partial charge < -0.3 is 15.4 Å². The zero-order chi connectivity index (χ0) is 14.5. The lowest BCUT2D eigenvalue weighted by Crippen LogP contribution is -2.20. The number of carbonyl (C=O) groups excluding carboxylic acids is 1. The smallest absolute Gasteiger partial charge is 0.323 e. The largest absolute Gasteiger partial charge is 0.497 e. The van der Waals surface area contributed by atoms with Gasteiger partial charge in [0, 0.05) is 11.4 Å². The number of urea groups is 1. The SMILES string of the molecule is COc1ccc(NC(=O)Nc2cccc(C)c2C)cc1. The van der Waals surface area contributed by atoms with E-state index in [0.717, 1.165) is 22.6 Å². The molecule has 0 aliphatic rings. The average Bonchev–Trinajstić information content (AvgIpc) is 2.45. The van der Waals surface area contributed by atoms with Gasteiger partial charge in [0.15, 0.2) is 0 Å². The molecule has 0 radical (unpaired) electrons. The van der Waals surface area contributed by atoms with Crippen LogP contribution in [0.2, 0.25) is 0 Å². The van der Waals surface area contributed by atoms with Crippen molar-refractivity contribution in [1.82, 2.24) is 0 Å². The van der Waals surface area contributed by atoms with Gasteiger partial charge in [-0.25, -0.2) is 4.79 Å². The Morgan fingerprint density at radius 2 is 1.70 bits per heavy atom. The Bertz CT molecular complexity index is 606. The number of ether oxygens (including phenoxy) is 1. The molecule has 2 rings (SSSR count). The highest BCUT2D eigenvalue weighted by atomic mass is 16.5. The first kappa shape index (κ1) is 13.9. The fraction of sp³-hybridized carbons (Fsp3) is 0.188. The summed E-state index contributed by atoms with van der Waals surface area (Å²) < 4.78 is 5.07. The number of aryl methyl sites for hydroxylation is 1. The van der Waals surface area contributed by atoms with Gasteiger partial charge in [-0.05, 0) is 55.3 Å². The first-order valence-corrected chi connectivity index (χ1v) is 6.38. The summed E-state index contributed by atoms with van der Waals surface area (Å²) in [5, 5.41) is 5.63. The van der Waals surface area contributed by atoms with E-state index in [4.69, 9.17) is 4.74 Å². The summed E-state index contributed by atoms with van der Waals surface area (Å²) in [5.41, 5.74) is 3.74. The van der Waals surface area contributed by atoms with Crippen LogP contribution in [0.15, 0.2) is 42.5 Å². The second-order valence-electron chi connectivity index (χ2n) is 4.56. The highest BCUT2D eigenvalue weighted by Crippen LogP contribution is 2.19. The minimum atomic E-state index is -0.260. The molecule has 0 aromatic heterocycles. The minimum absolute atomic E-state index is 0.260. The third-order valence-electron chi connectivity index (χ3n) is 3.20. The Morgan fingerprint density at radius 3 is 2.35 bits per heavy atom. The number of hydrogen-bond donors (Lipinski definition) is 2. The molecule has 104 valence electrons. The average molecular weight is 270 g/mol. The van der Waals surface area contributed by atoms with E-state index in [1.54, 1.807) is 31.4 Å². The van der Waals surface area contributed by atoms with Crippen molar-refractivity contribution in [1.29, 1.82) is 0 Å². The molecule has 4 heteroatoms. The number of carbonyl (C=O) groups is 1. The van der Waals surface area contributed by atoms with Gasteiger partial charge in [-0.15, -0.1) is 0 Å². The molecule has 4 nitrogen and oxygen atoms in total. The first-order chi connectivity index (χ1) is 9.60. The Balaban J connectivity index is 2.03. The molecule has 0 aliphatic heterocycles. The van der Waals surface area contributed by atoms with Crippen molar-refractivity contribution in [2.45, 2.75) is 13.8 Å². The van der Waals surface area contributed by atoms with Crippen LogP contribution in [0.3, 0.4) is 0 Å². The second kappa shape index (κ2) is 6.10. The van der Waals surface area contributed by atoms with E-state index in [1.165, 1.54) is 0 Å². The summed E-state index contributed by atoms with van der Waals surface area (Å²) in [7, 11) is 1.61. The first-order valence-electron chi connectivity index (χ1n) is 6.38. The molecule has 0 atom stereocenters. The van der Waals surface area contributed by atoms with Crippen LogP contribution in [0.4, 0.5) is 16.2 Å². The summed E-state index contributed by atoms with van der Waals surface area (Å²) in [4.78, 5) is 11.9. The van der Waals surface area contributed by atoms with Crippen LogP contribution in [-0.2, 0) is 0 Å². The van der Waals surface area contributed by atoms with Gasteiger partial charge in [0.1, 0.15) is 5.75 Å². The van der Waals surface area contributed by atoms with Gasteiger partial charge in [-0.3, -0.25) is 0 Å². The molecule has 0 spiro atoms. The molecule has 0 bridgehead atoms. The maximum atomic E-state index is 11.9. The topological polar surface area (TPSA) is 50.4 Å². The lowest BCUT2D eigenvalue weighted by molar-refractivity contribution is 0.262. The van der Waals surface area contributed by atoms with Crippen LogP contribution in [0.1, 0.15) is 11.1 Å². The third-order valence-corrected chi connectivity index (χ3v) is 3.20. The fourth-order valence-corrected chi connectivity index (χ4v) is 1.85. The minimum Gasteiger partial charge on any atom is -0.497 e. The molecule has 2 aromatic rings. The molecule has 0 fully saturated rings. The number of anilines is 2. The Morgan fingerprint density at radius 1 is 1.00 bits per heavy atom. The van der Waals surface area contributed by atoms with Crippen LogP contribution in [0, 0.1) is 13.8 Å². The molecule has 2 amide bonds. The van der Waals surface area contributed by atoms with Crippen LogP contribution in [0.5, 0.6) is 5.75 Å². The molecular formula is C16H18N2O2. The van der Waals surface area contributed by atoms with E-state index in [1.807, 2.05) is 32.0 Å². The zero-order valence-electron chi connectivity index (χ0n) is 11.9. The monoisotopic (exact) mass is 270 g/mol. The Hall–Kier alpha value is -2.49. The van der Waals surface area contributed by atoms with E-state index < -0.39 is 0 Å². The van der Waals surface area contributed by atoms with Gasteiger partial charge in [0.05, 0.1) is 7.11 Å². The van der Waals surface area contributed by atoms with E-state index in [9.17, 15) is 4.79 Å². The number of rotatable bonds is 3. The molecular weight excluding hydrogens is 252 g/mol. The normalized spacial score (nSPS) is 9.95. The highest BCUT2D eigenvalue weighted by Gasteiger charge is 2.06. The van der Waals surface area contributed by atoms with E-state index in [0.29, 0.717) is 5.69 Å². The highest BCUT2D eigenvalue weighted by molar-refractivity contribution is 6.00. The van der Waals surface area contributed by atoms with E-state index >= 15 is 0 Å². The summed E-state index contributed by atoms with van der Waals surface area (Å²) in [6.45, 7) is 4.00. The molecule has 2 N–H and O–H groups in total. The molecule has 2 aromatic carbocycles. The third kappa shape index (κ3) is 3.29. The van der Waals surface area contributed by atoms with Crippen molar-refractivity contribution in [2.24, 2.45) is 0 Å². The van der Waals surface area contributed by atoms with Crippen LogP contribution >= 0.6 is 0 Å². The molecule has 20 heavy (non-hydrogen) atoms. The van der Waals surface area contributed by atoms with Crippen LogP contribution < -0.4 is 15.4 Å². The summed E-state index contributed by atoms with van der Waals surface area (Å²) in [6, 6.07) is 12.7. The molecule has 0 aliphatic carbocycles. The molecule has 0 unspecified atom stereocenters. The van der Waals surface area contributed by atoms with Gasteiger partial charge in [0.2, 0.25) is 0 Å². The van der Waals surface area contributed by atoms with E-state index in [2.05, 4.69) is 10.6 Å². The standard InChI is InChI=1S/C16H18N2O2/c1-11-5-4-6-15(12(11)2)18-16(19)17-13-7-9-14(20-3)10-8-13/h4-10H,1-3H3,(H2,17,18,19). The number of benzene rings is 2. The molecule has 0 saturated heterocycles. The predicted octanol–water partition coefficient (Wildman–Crippen LogP) is 3.96. The Kier molecular flexibility index (Phi) is 4.25. The van der Waals surface area contributed by atoms with E-state index in [-0.39, 0.29) is 6.03 Å². The Labute approximate surface area is 118 Å². The van der Waals surface area contributed by atoms with Crippen molar-refractivity contribution < 1.29 is 9.53 Å². The van der Waals surface area contributed by atoms with Gasteiger partial charge in [-0.2, -0.15) is 0 Å². The predicted molar refractivity (Wildman–Crippen MR) is 81.6 cm³/mol. The maximum Gasteiger partial charge on any atom is 0.323 e. The van der Waals surface area contributed by atoms with Crippen molar-refractivity contribution in [3.05, 3.63) is 53.6 Å². The maximum absolute atomic E-state index is 11.9. The number of amides is 2. The van der Waals surface area contributed by atoms with Gasteiger partial charge in [0.25, 0.3) is 0 Å². The number of methoxy groups -OCH3 is 1. The fourth-order valence-electron chi connectivity index (χ4n) is 1.85. The summed E-state index contributed by atoms with van der Waals surface area (Å²) >= 11 is 0. The lowest BCUT2D eigenvalue weighted by atomic mass is 10.1.